The monoisotopic (exact) mass is 265 g/mol. The number of benzene rings is 1. The number of ketones is 1. The van der Waals surface area contributed by atoms with E-state index in [1.165, 1.54) is 0 Å². The van der Waals surface area contributed by atoms with E-state index in [-0.39, 0.29) is 26.1 Å². The SMILES string of the molecule is O=C(O)CNCC(=O)CC(=O)OCc1ccccc1. The molecule has 1 aromatic rings. The fraction of sp³-hybridized carbons (Fsp3) is 0.308. The second-order valence-electron chi connectivity index (χ2n) is 3.86. The molecule has 0 aliphatic heterocycles. The molecule has 0 saturated heterocycles. The van der Waals surface area contributed by atoms with Crippen LogP contribution in [0.25, 0.3) is 0 Å². The number of nitrogens with one attached hydrogen (secondary N) is 1. The van der Waals surface area contributed by atoms with Crippen LogP contribution in [0.3, 0.4) is 0 Å². The lowest BCUT2D eigenvalue weighted by molar-refractivity contribution is -0.147. The number of rotatable bonds is 8. The smallest absolute Gasteiger partial charge is 0.317 e. The van der Waals surface area contributed by atoms with Crippen molar-refractivity contribution in [3.8, 4) is 0 Å². The first-order valence-electron chi connectivity index (χ1n) is 5.71. The summed E-state index contributed by atoms with van der Waals surface area (Å²) in [5, 5.41) is 10.8. The number of Topliss-reactive ketones (excluding diaryl/α,β-unsaturated/α-hetero) is 1. The number of hydrogen-bond donors (Lipinski definition) is 2. The molecule has 0 unspecified atom stereocenters. The van der Waals surface area contributed by atoms with Crippen LogP contribution in [-0.2, 0) is 25.7 Å². The zero-order valence-electron chi connectivity index (χ0n) is 10.3. The average Bonchev–Trinajstić information content (AvgIpc) is 2.37. The van der Waals surface area contributed by atoms with Crippen molar-refractivity contribution in [1.82, 2.24) is 5.32 Å². The number of aliphatic carboxylic acids is 1. The lowest BCUT2D eigenvalue weighted by Crippen LogP contribution is -2.29. The summed E-state index contributed by atoms with van der Waals surface area (Å²) in [6, 6.07) is 9.12. The molecule has 0 bridgehead atoms. The summed E-state index contributed by atoms with van der Waals surface area (Å²) in [7, 11) is 0. The molecule has 0 heterocycles. The Morgan fingerprint density at radius 1 is 1.11 bits per heavy atom. The minimum absolute atomic E-state index is 0.121. The minimum Gasteiger partial charge on any atom is -0.480 e. The van der Waals surface area contributed by atoms with E-state index in [9.17, 15) is 14.4 Å². The second-order valence-corrected chi connectivity index (χ2v) is 3.86. The summed E-state index contributed by atoms with van der Waals surface area (Å²) in [6.07, 6.45) is -0.362. The lowest BCUT2D eigenvalue weighted by Gasteiger charge is -2.04. The van der Waals surface area contributed by atoms with Crippen molar-refractivity contribution in [2.45, 2.75) is 13.0 Å². The van der Waals surface area contributed by atoms with E-state index in [2.05, 4.69) is 5.32 Å². The summed E-state index contributed by atoms with van der Waals surface area (Å²) in [5.41, 5.74) is 0.840. The summed E-state index contributed by atoms with van der Waals surface area (Å²) in [4.78, 5) is 32.8. The van der Waals surface area contributed by atoms with Gasteiger partial charge in [-0.25, -0.2) is 0 Å². The summed E-state index contributed by atoms with van der Waals surface area (Å²) >= 11 is 0. The van der Waals surface area contributed by atoms with Crippen LogP contribution < -0.4 is 5.32 Å². The fourth-order valence-electron chi connectivity index (χ4n) is 1.32. The van der Waals surface area contributed by atoms with E-state index in [1.807, 2.05) is 30.3 Å². The van der Waals surface area contributed by atoms with E-state index in [4.69, 9.17) is 9.84 Å². The molecule has 0 saturated carbocycles. The molecule has 0 aromatic heterocycles. The molecule has 1 rings (SSSR count). The van der Waals surface area contributed by atoms with Gasteiger partial charge < -0.3 is 15.2 Å². The Bertz CT molecular complexity index is 444. The van der Waals surface area contributed by atoms with E-state index < -0.39 is 17.7 Å². The number of ether oxygens (including phenoxy) is 1. The molecule has 0 radical (unpaired) electrons. The van der Waals surface area contributed by atoms with Crippen molar-refractivity contribution < 1.29 is 24.2 Å². The Balaban J connectivity index is 2.20. The maximum Gasteiger partial charge on any atom is 0.317 e. The molecule has 0 aliphatic carbocycles. The van der Waals surface area contributed by atoms with Crippen molar-refractivity contribution in [3.63, 3.8) is 0 Å². The van der Waals surface area contributed by atoms with Gasteiger partial charge in [0.05, 0.1) is 13.1 Å². The molecule has 1 aromatic carbocycles. The van der Waals surface area contributed by atoms with E-state index in [0.717, 1.165) is 5.56 Å². The van der Waals surface area contributed by atoms with Crippen molar-refractivity contribution in [2.75, 3.05) is 13.1 Å². The number of carbonyl (C=O) groups is 3. The van der Waals surface area contributed by atoms with Crippen LogP contribution in [0.4, 0.5) is 0 Å². The molecule has 19 heavy (non-hydrogen) atoms. The van der Waals surface area contributed by atoms with Crippen molar-refractivity contribution in [3.05, 3.63) is 35.9 Å². The molecule has 0 aliphatic rings. The van der Waals surface area contributed by atoms with Crippen LogP contribution in [0.15, 0.2) is 30.3 Å². The van der Waals surface area contributed by atoms with Gasteiger partial charge in [-0.15, -0.1) is 0 Å². The topological polar surface area (TPSA) is 92.7 Å². The van der Waals surface area contributed by atoms with Gasteiger partial charge in [0, 0.05) is 0 Å². The van der Waals surface area contributed by atoms with Crippen LogP contribution in [-0.4, -0.2) is 35.9 Å². The van der Waals surface area contributed by atoms with Gasteiger partial charge in [-0.05, 0) is 5.56 Å². The van der Waals surface area contributed by atoms with Crippen LogP contribution in [0.2, 0.25) is 0 Å². The molecule has 0 fully saturated rings. The molecule has 102 valence electrons. The van der Waals surface area contributed by atoms with E-state index in [0.29, 0.717) is 0 Å². The number of carbonyl (C=O) groups excluding carboxylic acids is 2. The predicted octanol–water partition coefficient (Wildman–Crippen LogP) is 0.363. The van der Waals surface area contributed by atoms with Gasteiger partial charge in [-0.1, -0.05) is 30.3 Å². The third-order valence-corrected chi connectivity index (χ3v) is 2.18. The van der Waals surface area contributed by atoms with Gasteiger partial charge >= 0.3 is 11.9 Å². The standard InChI is InChI=1S/C13H15NO5/c15-11(7-14-8-12(16)17)6-13(18)19-9-10-4-2-1-3-5-10/h1-5,14H,6-9H2,(H,16,17). The first-order valence-corrected chi connectivity index (χ1v) is 5.71. The highest BCUT2D eigenvalue weighted by Gasteiger charge is 2.11. The molecule has 0 atom stereocenters. The summed E-state index contributed by atoms with van der Waals surface area (Å²) in [6.45, 7) is -0.354. The fourth-order valence-corrected chi connectivity index (χ4v) is 1.32. The highest BCUT2D eigenvalue weighted by Crippen LogP contribution is 2.01. The van der Waals surface area contributed by atoms with Crippen LogP contribution in [0, 0.1) is 0 Å². The van der Waals surface area contributed by atoms with Gasteiger partial charge in [-0.2, -0.15) is 0 Å². The summed E-state index contributed by atoms with van der Waals surface area (Å²) in [5.74, 6) is -2.08. The first kappa shape index (κ1) is 14.8. The number of carboxylic acid groups (broad SMARTS) is 1. The molecule has 0 amide bonds. The maximum atomic E-state index is 11.3. The number of hydrogen-bond acceptors (Lipinski definition) is 5. The van der Waals surface area contributed by atoms with Gasteiger partial charge in [0.1, 0.15) is 13.0 Å². The van der Waals surface area contributed by atoms with Gasteiger partial charge in [0.2, 0.25) is 0 Å². The molecule has 6 heteroatoms. The number of esters is 1. The van der Waals surface area contributed by atoms with Gasteiger partial charge in [0.25, 0.3) is 0 Å². The highest BCUT2D eigenvalue weighted by atomic mass is 16.5. The van der Waals surface area contributed by atoms with E-state index >= 15 is 0 Å². The second kappa shape index (κ2) is 7.99. The van der Waals surface area contributed by atoms with E-state index in [1.54, 1.807) is 0 Å². The van der Waals surface area contributed by atoms with Crippen LogP contribution >= 0.6 is 0 Å². The first-order chi connectivity index (χ1) is 9.08. The molecule has 0 spiro atoms. The molecular weight excluding hydrogens is 250 g/mol. The predicted molar refractivity (Wildman–Crippen MR) is 66.4 cm³/mol. The lowest BCUT2D eigenvalue weighted by atomic mass is 10.2. The molecule has 6 nitrogen and oxygen atoms in total. The Morgan fingerprint density at radius 2 is 1.79 bits per heavy atom. The molecule has 2 N–H and O–H groups in total. The third-order valence-electron chi connectivity index (χ3n) is 2.18. The molecular formula is C13H15NO5. The van der Waals surface area contributed by atoms with Crippen LogP contribution in [0.5, 0.6) is 0 Å². The van der Waals surface area contributed by atoms with Gasteiger partial charge in [0.15, 0.2) is 5.78 Å². The quantitative estimate of drug-likeness (QED) is 0.521. The zero-order valence-corrected chi connectivity index (χ0v) is 10.3. The minimum atomic E-state index is -1.06. The normalized spacial score (nSPS) is 9.89. The van der Waals surface area contributed by atoms with Gasteiger partial charge in [-0.3, -0.25) is 14.4 Å². The highest BCUT2D eigenvalue weighted by molar-refractivity contribution is 5.96. The van der Waals surface area contributed by atoms with Crippen molar-refractivity contribution in [2.24, 2.45) is 0 Å². The third kappa shape index (κ3) is 6.95. The van der Waals surface area contributed by atoms with Crippen molar-refractivity contribution >= 4 is 17.7 Å². The average molecular weight is 265 g/mol. The Labute approximate surface area is 110 Å². The number of carboxylic acids is 1. The van der Waals surface area contributed by atoms with Crippen molar-refractivity contribution in [1.29, 1.82) is 0 Å². The maximum absolute atomic E-state index is 11.3. The Morgan fingerprint density at radius 3 is 2.42 bits per heavy atom. The Kier molecular flexibility index (Phi) is 6.25. The summed E-state index contributed by atoms with van der Waals surface area (Å²) < 4.78 is 4.92. The van der Waals surface area contributed by atoms with Crippen LogP contribution in [0.1, 0.15) is 12.0 Å². The largest absolute Gasteiger partial charge is 0.480 e. The Hall–Kier alpha value is -2.21. The zero-order chi connectivity index (χ0) is 14.1.